The highest BCUT2D eigenvalue weighted by Gasteiger charge is 2.52. The lowest BCUT2D eigenvalue weighted by molar-refractivity contribution is 0.000227. The minimum absolute atomic E-state index is 0.0131. The third-order valence-electron chi connectivity index (χ3n) is 6.95. The fourth-order valence-electron chi connectivity index (χ4n) is 5.33. The van der Waals surface area contributed by atoms with Crippen LogP contribution in [-0.2, 0) is 16.3 Å². The van der Waals surface area contributed by atoms with Crippen molar-refractivity contribution in [3.8, 4) is 11.3 Å². The van der Waals surface area contributed by atoms with Gasteiger partial charge in [-0.3, -0.25) is 4.90 Å². The van der Waals surface area contributed by atoms with Crippen molar-refractivity contribution in [3.05, 3.63) is 83.1 Å². The molecule has 2 aliphatic rings. The van der Waals surface area contributed by atoms with Crippen molar-refractivity contribution < 1.29 is 8.42 Å². The molecule has 2 aromatic carbocycles. The number of sulfone groups is 1. The number of rotatable bonds is 4. The summed E-state index contributed by atoms with van der Waals surface area (Å²) in [5.74, 6) is 0. The Hall–Kier alpha value is -2.74. The van der Waals surface area contributed by atoms with Gasteiger partial charge >= 0.3 is 0 Å². The van der Waals surface area contributed by atoms with Crippen molar-refractivity contribution >= 4 is 27.1 Å². The second kappa shape index (κ2) is 7.65. The molecule has 2 aromatic heterocycles. The molecule has 0 aliphatic carbocycles. The molecule has 0 N–H and O–H groups in total. The normalized spacial score (nSPS) is 22.5. The minimum Gasteiger partial charge on any atom is -0.276 e. The number of hydrogen-bond acceptors (Lipinski definition) is 5. The van der Waals surface area contributed by atoms with E-state index < -0.39 is 15.2 Å². The highest BCUT2D eigenvalue weighted by atomic mass is 35.5. The maximum absolute atomic E-state index is 13.4. The van der Waals surface area contributed by atoms with Gasteiger partial charge in [0.05, 0.1) is 16.3 Å². The van der Waals surface area contributed by atoms with Gasteiger partial charge in [0.25, 0.3) is 0 Å². The summed E-state index contributed by atoms with van der Waals surface area (Å²) in [5, 5.41) is 4.88. The van der Waals surface area contributed by atoms with E-state index in [0.29, 0.717) is 16.3 Å². The third-order valence-corrected chi connectivity index (χ3v) is 9.28. The van der Waals surface area contributed by atoms with Crippen molar-refractivity contribution in [2.45, 2.75) is 48.5 Å². The van der Waals surface area contributed by atoms with E-state index in [-0.39, 0.29) is 12.1 Å². The second-order valence-corrected chi connectivity index (χ2v) is 11.3. The van der Waals surface area contributed by atoms with Crippen molar-refractivity contribution in [1.29, 1.82) is 0 Å². The highest BCUT2D eigenvalue weighted by Crippen LogP contribution is 2.47. The van der Waals surface area contributed by atoms with Crippen LogP contribution in [0.25, 0.3) is 16.9 Å². The summed E-state index contributed by atoms with van der Waals surface area (Å²) in [6.07, 6.45) is 4.08. The molecule has 4 heterocycles. The molecule has 4 aromatic rings. The summed E-state index contributed by atoms with van der Waals surface area (Å²) in [5.41, 5.74) is 4.97. The number of fused-ring (bicyclic) bond motifs is 4. The Bertz CT molecular complexity index is 1450. The fraction of sp³-hybridized carbons (Fsp3) is 0.280. The van der Waals surface area contributed by atoms with Crippen LogP contribution in [0, 0.1) is 0 Å². The van der Waals surface area contributed by atoms with Crippen LogP contribution in [0.4, 0.5) is 0 Å². The molecular weight excluding hydrogens is 456 g/mol. The Kier molecular flexibility index (Phi) is 4.83. The predicted octanol–water partition coefficient (Wildman–Crippen LogP) is 4.93. The monoisotopic (exact) mass is 478 g/mol. The van der Waals surface area contributed by atoms with Gasteiger partial charge < -0.3 is 0 Å². The van der Waals surface area contributed by atoms with Crippen molar-refractivity contribution in [1.82, 2.24) is 19.5 Å². The highest BCUT2D eigenvalue weighted by molar-refractivity contribution is 7.92. The number of hydrogen-bond donors (Lipinski definition) is 0. The average molecular weight is 479 g/mol. The van der Waals surface area contributed by atoms with Gasteiger partial charge in [0.1, 0.15) is 5.37 Å². The Morgan fingerprint density at radius 3 is 2.58 bits per heavy atom. The van der Waals surface area contributed by atoms with E-state index in [1.807, 2.05) is 47.1 Å². The van der Waals surface area contributed by atoms with E-state index in [2.05, 4.69) is 16.8 Å². The zero-order valence-electron chi connectivity index (χ0n) is 18.1. The molecule has 6 nitrogen and oxygen atoms in total. The lowest BCUT2D eigenvalue weighted by atomic mass is 9.84. The lowest BCUT2D eigenvalue weighted by Gasteiger charge is -2.54. The molecule has 0 bridgehead atoms. The van der Waals surface area contributed by atoms with E-state index in [0.717, 1.165) is 41.0 Å². The first kappa shape index (κ1) is 20.8. The van der Waals surface area contributed by atoms with E-state index >= 15 is 0 Å². The van der Waals surface area contributed by atoms with E-state index in [9.17, 15) is 8.42 Å². The first-order chi connectivity index (χ1) is 16.0. The minimum atomic E-state index is -3.48. The third kappa shape index (κ3) is 3.21. The van der Waals surface area contributed by atoms with E-state index in [1.54, 1.807) is 24.3 Å². The van der Waals surface area contributed by atoms with Crippen LogP contribution < -0.4 is 0 Å². The Morgan fingerprint density at radius 1 is 1.09 bits per heavy atom. The molecule has 0 radical (unpaired) electrons. The summed E-state index contributed by atoms with van der Waals surface area (Å²) in [6.45, 7) is 2.10. The van der Waals surface area contributed by atoms with Crippen LogP contribution in [0.5, 0.6) is 0 Å². The van der Waals surface area contributed by atoms with Crippen molar-refractivity contribution in [2.24, 2.45) is 0 Å². The molecule has 0 spiro atoms. The van der Waals surface area contributed by atoms with Gasteiger partial charge in [-0.05, 0) is 37.1 Å². The number of aromatic nitrogens is 3. The molecule has 8 heteroatoms. The molecule has 2 aliphatic heterocycles. The number of benzene rings is 2. The van der Waals surface area contributed by atoms with Gasteiger partial charge in [0.15, 0.2) is 15.5 Å². The molecule has 1 saturated heterocycles. The number of halogens is 1. The Labute approximate surface area is 197 Å². The predicted molar refractivity (Wildman–Crippen MR) is 128 cm³/mol. The SMILES string of the molecule is CCC1c2cnc3cc(-c4ccccc4)nn3c2CC2CC(S(=O)(=O)c3ccc(Cl)cc3)N21. The quantitative estimate of drug-likeness (QED) is 0.416. The molecular formula is C25H23ClN4O2S. The molecule has 3 atom stereocenters. The Morgan fingerprint density at radius 2 is 1.85 bits per heavy atom. The summed E-state index contributed by atoms with van der Waals surface area (Å²) in [6, 6.07) is 18.7. The first-order valence-corrected chi connectivity index (χ1v) is 13.1. The molecule has 0 saturated carbocycles. The van der Waals surface area contributed by atoms with Gasteiger partial charge in [-0.2, -0.15) is 5.10 Å². The van der Waals surface area contributed by atoms with Gasteiger partial charge in [0.2, 0.25) is 0 Å². The first-order valence-electron chi connectivity index (χ1n) is 11.2. The second-order valence-electron chi connectivity index (χ2n) is 8.74. The molecule has 1 fully saturated rings. The molecule has 33 heavy (non-hydrogen) atoms. The van der Waals surface area contributed by atoms with E-state index in [4.69, 9.17) is 16.7 Å². The molecule has 0 amide bonds. The largest absolute Gasteiger partial charge is 0.276 e. The zero-order valence-corrected chi connectivity index (χ0v) is 19.7. The lowest BCUT2D eigenvalue weighted by Crippen LogP contribution is -2.63. The average Bonchev–Trinajstić information content (AvgIpc) is 3.25. The van der Waals surface area contributed by atoms with Gasteiger partial charge in [-0.1, -0.05) is 48.9 Å². The van der Waals surface area contributed by atoms with Crippen LogP contribution in [0.2, 0.25) is 5.02 Å². The van der Waals surface area contributed by atoms with Crippen LogP contribution in [0.3, 0.4) is 0 Å². The molecule has 6 rings (SSSR count). The summed E-state index contributed by atoms with van der Waals surface area (Å²) in [4.78, 5) is 7.18. The van der Waals surface area contributed by atoms with Crippen molar-refractivity contribution in [2.75, 3.05) is 0 Å². The van der Waals surface area contributed by atoms with Gasteiger partial charge in [-0.25, -0.2) is 17.9 Å². The zero-order chi connectivity index (χ0) is 22.7. The van der Waals surface area contributed by atoms with Crippen LogP contribution in [0.1, 0.15) is 37.1 Å². The van der Waals surface area contributed by atoms with Crippen LogP contribution in [0.15, 0.2) is 71.8 Å². The fourth-order valence-corrected chi connectivity index (χ4v) is 7.40. The van der Waals surface area contributed by atoms with Crippen LogP contribution in [-0.4, -0.2) is 39.3 Å². The van der Waals surface area contributed by atoms with E-state index in [1.165, 1.54) is 0 Å². The van der Waals surface area contributed by atoms with Gasteiger partial charge in [0, 0.05) is 46.9 Å². The smallest absolute Gasteiger partial charge is 0.194 e. The maximum Gasteiger partial charge on any atom is 0.194 e. The van der Waals surface area contributed by atoms with Gasteiger partial charge in [-0.15, -0.1) is 0 Å². The van der Waals surface area contributed by atoms with Crippen LogP contribution >= 0.6 is 11.6 Å². The summed E-state index contributed by atoms with van der Waals surface area (Å²) in [7, 11) is -3.48. The summed E-state index contributed by atoms with van der Waals surface area (Å²) < 4.78 is 28.8. The topological polar surface area (TPSA) is 67.6 Å². The maximum atomic E-state index is 13.4. The number of nitrogens with zero attached hydrogens (tertiary/aromatic N) is 4. The molecule has 3 unspecified atom stereocenters. The Balaban J connectivity index is 1.39. The standard InChI is InChI=1S/C25H23ClN4O2S/c1-2-22-20-15-27-24-14-21(16-6-4-3-5-7-16)28-30(24)23(20)12-18-13-25(29(18)22)33(31,32)19-10-8-17(26)9-11-19/h3-11,14-15,18,22,25H,2,12-13H2,1H3. The molecule has 168 valence electrons. The van der Waals surface area contributed by atoms with Crippen molar-refractivity contribution in [3.63, 3.8) is 0 Å². The summed E-state index contributed by atoms with van der Waals surface area (Å²) >= 11 is 5.97.